The number of benzene rings is 5. The number of aromatic nitrogens is 2. The number of hydrogen-bond acceptors (Lipinski definition) is 6. The van der Waals surface area contributed by atoms with Crippen molar-refractivity contribution in [1.29, 1.82) is 0 Å². The SMILES string of the molecule is Cn1c(O)c2cc(O)c3c4cc(O)c5c6c(cc(O)c(c7cc(=O)c1c2c73)c46)c(=O)n5C. The fourth-order valence-corrected chi connectivity index (χ4v) is 5.69. The van der Waals surface area contributed by atoms with Crippen LogP contribution in [0.3, 0.4) is 0 Å². The zero-order valence-corrected chi connectivity index (χ0v) is 16.8. The Labute approximate surface area is 177 Å². The molecule has 5 aromatic carbocycles. The van der Waals surface area contributed by atoms with Crippen LogP contribution in [0.1, 0.15) is 0 Å². The highest BCUT2D eigenvalue weighted by molar-refractivity contribution is 6.42. The molecular formula is C24H14N2O6. The molecule has 0 radical (unpaired) electrons. The highest BCUT2D eigenvalue weighted by Crippen LogP contribution is 2.52. The van der Waals surface area contributed by atoms with Crippen molar-refractivity contribution >= 4 is 64.9 Å². The monoisotopic (exact) mass is 426 g/mol. The fraction of sp³-hybridized carbons (Fsp3) is 0.0833. The van der Waals surface area contributed by atoms with Gasteiger partial charge in [-0.05, 0) is 35.0 Å². The maximum atomic E-state index is 13.1. The Balaban J connectivity index is 2.01. The number of aromatic hydroxyl groups is 4. The van der Waals surface area contributed by atoms with Crippen molar-refractivity contribution in [1.82, 2.24) is 9.13 Å². The van der Waals surface area contributed by atoms with Crippen molar-refractivity contribution in [3.63, 3.8) is 0 Å². The number of fused-ring (bicyclic) bond motifs is 2. The van der Waals surface area contributed by atoms with Gasteiger partial charge in [-0.15, -0.1) is 0 Å². The predicted molar refractivity (Wildman–Crippen MR) is 122 cm³/mol. The van der Waals surface area contributed by atoms with E-state index in [-0.39, 0.29) is 45.0 Å². The molecule has 0 bridgehead atoms. The van der Waals surface area contributed by atoms with Crippen LogP contribution in [0, 0.1) is 0 Å². The summed E-state index contributed by atoms with van der Waals surface area (Å²) < 4.78 is 2.69. The molecule has 0 aliphatic rings. The van der Waals surface area contributed by atoms with Gasteiger partial charge in [-0.1, -0.05) is 0 Å². The molecule has 0 unspecified atom stereocenters. The van der Waals surface area contributed by atoms with Crippen LogP contribution in [0.2, 0.25) is 0 Å². The third-order valence-corrected chi connectivity index (χ3v) is 6.96. The Morgan fingerprint density at radius 1 is 0.562 bits per heavy atom. The molecule has 8 heteroatoms. The number of hydrogen-bond donors (Lipinski definition) is 4. The lowest BCUT2D eigenvalue weighted by atomic mass is 9.87. The first-order valence-corrected chi connectivity index (χ1v) is 9.90. The maximum absolute atomic E-state index is 13.1. The van der Waals surface area contributed by atoms with Gasteiger partial charge >= 0.3 is 0 Å². The molecule has 2 aromatic heterocycles. The molecule has 7 aromatic rings. The summed E-state index contributed by atoms with van der Waals surface area (Å²) in [5, 5.41) is 47.5. The molecule has 0 amide bonds. The third kappa shape index (κ3) is 1.55. The quantitative estimate of drug-likeness (QED) is 0.218. The molecule has 0 atom stereocenters. The van der Waals surface area contributed by atoms with Crippen LogP contribution < -0.4 is 11.0 Å². The maximum Gasteiger partial charge on any atom is 0.258 e. The molecule has 0 saturated carbocycles. The summed E-state index contributed by atoms with van der Waals surface area (Å²) in [6.07, 6.45) is 0. The van der Waals surface area contributed by atoms with Crippen molar-refractivity contribution in [2.45, 2.75) is 0 Å². The summed E-state index contributed by atoms with van der Waals surface area (Å²) in [4.78, 5) is 25.9. The minimum Gasteiger partial charge on any atom is -0.507 e. The van der Waals surface area contributed by atoms with Crippen LogP contribution in [-0.4, -0.2) is 29.6 Å². The second kappa shape index (κ2) is 4.88. The number of nitrogens with zero attached hydrogens (tertiary/aromatic N) is 2. The molecule has 0 saturated heterocycles. The summed E-state index contributed by atoms with van der Waals surface area (Å²) >= 11 is 0. The van der Waals surface area contributed by atoms with E-state index in [4.69, 9.17) is 0 Å². The summed E-state index contributed by atoms with van der Waals surface area (Å²) in [7, 11) is 3.10. The van der Waals surface area contributed by atoms with Crippen molar-refractivity contribution < 1.29 is 20.4 Å². The highest BCUT2D eigenvalue weighted by atomic mass is 16.3. The minimum atomic E-state index is -0.372. The van der Waals surface area contributed by atoms with Crippen LogP contribution in [0.15, 0.2) is 33.9 Å². The van der Waals surface area contributed by atoms with E-state index in [2.05, 4.69) is 0 Å². The van der Waals surface area contributed by atoms with Crippen LogP contribution >= 0.6 is 0 Å². The zero-order valence-electron chi connectivity index (χ0n) is 16.8. The van der Waals surface area contributed by atoms with E-state index in [0.29, 0.717) is 54.0 Å². The average Bonchev–Trinajstić information content (AvgIpc) is 3.15. The number of aryl methyl sites for hydroxylation is 2. The van der Waals surface area contributed by atoms with Gasteiger partial charge in [0.25, 0.3) is 5.56 Å². The predicted octanol–water partition coefficient (Wildman–Crippen LogP) is 3.14. The topological polar surface area (TPSA) is 125 Å². The van der Waals surface area contributed by atoms with Crippen LogP contribution in [0.25, 0.3) is 64.9 Å². The first-order chi connectivity index (χ1) is 15.2. The van der Waals surface area contributed by atoms with Crippen LogP contribution in [-0.2, 0) is 14.1 Å². The molecule has 2 heterocycles. The molecule has 32 heavy (non-hydrogen) atoms. The highest BCUT2D eigenvalue weighted by Gasteiger charge is 2.28. The first kappa shape index (κ1) is 17.2. The molecule has 0 spiro atoms. The molecule has 0 aliphatic carbocycles. The van der Waals surface area contributed by atoms with Gasteiger partial charge in [-0.25, -0.2) is 0 Å². The molecule has 0 aliphatic heterocycles. The average molecular weight is 426 g/mol. The number of rotatable bonds is 0. The van der Waals surface area contributed by atoms with E-state index in [1.165, 1.54) is 40.4 Å². The van der Waals surface area contributed by atoms with Gasteiger partial charge in [0.05, 0.1) is 10.9 Å². The van der Waals surface area contributed by atoms with E-state index >= 15 is 0 Å². The Bertz CT molecular complexity index is 2080. The molecule has 4 N–H and O–H groups in total. The molecule has 0 fully saturated rings. The molecule has 8 nitrogen and oxygen atoms in total. The summed E-state index contributed by atoms with van der Waals surface area (Å²) in [6, 6.07) is 5.59. The lowest BCUT2D eigenvalue weighted by molar-refractivity contribution is 0.440. The van der Waals surface area contributed by atoms with Gasteiger partial charge in [-0.3, -0.25) is 9.59 Å². The van der Waals surface area contributed by atoms with Gasteiger partial charge < -0.3 is 29.6 Å². The number of phenols is 3. The number of phenolic OH excluding ortho intramolecular Hbond substituents is 3. The summed E-state index contributed by atoms with van der Waals surface area (Å²) in [5.74, 6) is -0.627. The van der Waals surface area contributed by atoms with E-state index in [9.17, 15) is 30.0 Å². The standard InChI is InChI=1S/C24H14N2O6/c1-25-21-13(29)3-7-16-12(28)6-10-20-18(16)8(4-14(30)22(20)26(2)24(10)32)15-11(27)5-9(23(25)31)19(21)17(7)15/h3-6,27-29,32H,1-2H3. The van der Waals surface area contributed by atoms with E-state index in [0.717, 1.165) is 0 Å². The third-order valence-electron chi connectivity index (χ3n) is 6.96. The smallest absolute Gasteiger partial charge is 0.258 e. The van der Waals surface area contributed by atoms with Crippen LogP contribution in [0.5, 0.6) is 23.1 Å². The molecular weight excluding hydrogens is 412 g/mol. The minimum absolute atomic E-state index is 0.138. The van der Waals surface area contributed by atoms with Gasteiger partial charge in [0.15, 0.2) is 5.88 Å². The van der Waals surface area contributed by atoms with Crippen LogP contribution in [0.4, 0.5) is 0 Å². The Kier molecular flexibility index (Phi) is 2.63. The van der Waals surface area contributed by atoms with Gasteiger partial charge in [0.1, 0.15) is 22.8 Å². The lowest BCUT2D eigenvalue weighted by Gasteiger charge is -2.17. The zero-order chi connectivity index (χ0) is 22.4. The van der Waals surface area contributed by atoms with Crippen molar-refractivity contribution in [3.05, 3.63) is 44.8 Å². The molecule has 7 rings (SSSR count). The lowest BCUT2D eigenvalue weighted by Crippen LogP contribution is -2.09. The fourth-order valence-electron chi connectivity index (χ4n) is 5.69. The Hall–Kier alpha value is -4.46. The van der Waals surface area contributed by atoms with Gasteiger partial charge in [0.2, 0.25) is 5.43 Å². The van der Waals surface area contributed by atoms with E-state index in [1.54, 1.807) is 7.05 Å². The summed E-state index contributed by atoms with van der Waals surface area (Å²) in [6.45, 7) is 0. The molecule has 156 valence electrons. The van der Waals surface area contributed by atoms with Crippen molar-refractivity contribution in [2.75, 3.05) is 0 Å². The normalized spacial score (nSPS) is 12.8. The Morgan fingerprint density at radius 2 is 1.09 bits per heavy atom. The van der Waals surface area contributed by atoms with E-state index in [1.807, 2.05) is 0 Å². The largest absolute Gasteiger partial charge is 0.507 e. The second-order valence-electron chi connectivity index (χ2n) is 8.45. The summed E-state index contributed by atoms with van der Waals surface area (Å²) in [5.41, 5.74) is -0.133. The second-order valence-corrected chi connectivity index (χ2v) is 8.45. The van der Waals surface area contributed by atoms with E-state index < -0.39 is 0 Å². The van der Waals surface area contributed by atoms with Crippen molar-refractivity contribution in [2.24, 2.45) is 14.1 Å². The van der Waals surface area contributed by atoms with Gasteiger partial charge in [0, 0.05) is 51.8 Å². The Morgan fingerprint density at radius 3 is 1.75 bits per heavy atom. The van der Waals surface area contributed by atoms with Crippen molar-refractivity contribution in [3.8, 4) is 23.1 Å². The van der Waals surface area contributed by atoms with Gasteiger partial charge in [-0.2, -0.15) is 0 Å². The first-order valence-electron chi connectivity index (χ1n) is 9.90.